The Labute approximate surface area is 181 Å². The van der Waals surface area contributed by atoms with E-state index in [4.69, 9.17) is 9.47 Å². The first-order valence-electron chi connectivity index (χ1n) is 12.1. The lowest BCUT2D eigenvalue weighted by molar-refractivity contribution is -0.207. The van der Waals surface area contributed by atoms with Crippen LogP contribution in [0.3, 0.4) is 0 Å². The molecular weight excluding hydrogens is 376 g/mol. The number of carbonyl (C=O) groups excluding carboxylic acids is 2. The Kier molecular flexibility index (Phi) is 4.52. The van der Waals surface area contributed by atoms with E-state index in [0.717, 1.165) is 19.3 Å². The van der Waals surface area contributed by atoms with Crippen LogP contribution >= 0.6 is 0 Å². The van der Waals surface area contributed by atoms with E-state index in [0.29, 0.717) is 35.2 Å². The molecule has 6 bridgehead atoms. The maximum atomic E-state index is 13.5. The van der Waals surface area contributed by atoms with Crippen molar-refractivity contribution < 1.29 is 19.1 Å². The van der Waals surface area contributed by atoms with Gasteiger partial charge in [-0.25, -0.2) is 4.79 Å². The molecule has 0 radical (unpaired) electrons. The van der Waals surface area contributed by atoms with Crippen LogP contribution in [-0.4, -0.2) is 23.6 Å². The number of ether oxygens (including phenoxy) is 2. The van der Waals surface area contributed by atoms with Crippen molar-refractivity contribution in [2.75, 3.05) is 0 Å². The summed E-state index contributed by atoms with van der Waals surface area (Å²) in [7, 11) is 0. The van der Waals surface area contributed by atoms with E-state index in [1.807, 2.05) is 20.8 Å². The Morgan fingerprint density at radius 3 is 2.20 bits per heavy atom. The lowest BCUT2D eigenvalue weighted by Crippen LogP contribution is -2.60. The number of hydrogen-bond donors (Lipinski definition) is 0. The van der Waals surface area contributed by atoms with Gasteiger partial charge in [0.15, 0.2) is 0 Å². The number of hydrogen-bond acceptors (Lipinski definition) is 4. The predicted molar refractivity (Wildman–Crippen MR) is 114 cm³/mol. The van der Waals surface area contributed by atoms with Gasteiger partial charge in [0.05, 0.1) is 5.41 Å². The van der Waals surface area contributed by atoms with Gasteiger partial charge >= 0.3 is 11.9 Å². The van der Waals surface area contributed by atoms with Crippen LogP contribution in [0.25, 0.3) is 0 Å². The molecule has 0 heterocycles. The number of esters is 2. The molecule has 166 valence electrons. The first-order chi connectivity index (χ1) is 14.0. The minimum Gasteiger partial charge on any atom is -0.460 e. The van der Waals surface area contributed by atoms with Crippen LogP contribution in [-0.2, 0) is 19.1 Å². The van der Waals surface area contributed by atoms with Crippen molar-refractivity contribution >= 4 is 11.9 Å². The molecule has 6 unspecified atom stereocenters. The Morgan fingerprint density at radius 1 is 0.967 bits per heavy atom. The molecule has 0 aromatic carbocycles. The number of carbonyl (C=O) groups is 2. The van der Waals surface area contributed by atoms with E-state index >= 15 is 0 Å². The summed E-state index contributed by atoms with van der Waals surface area (Å²) in [5, 5.41) is 0. The maximum absolute atomic E-state index is 13.5. The Bertz CT molecular complexity index is 760. The summed E-state index contributed by atoms with van der Waals surface area (Å²) in [6, 6.07) is 0. The van der Waals surface area contributed by atoms with Crippen LogP contribution in [0.15, 0.2) is 12.2 Å². The van der Waals surface area contributed by atoms with E-state index in [1.165, 1.54) is 38.5 Å². The zero-order valence-electron chi connectivity index (χ0n) is 19.2. The van der Waals surface area contributed by atoms with E-state index in [2.05, 4.69) is 6.58 Å². The molecule has 4 heteroatoms. The molecule has 6 saturated carbocycles. The fourth-order valence-corrected chi connectivity index (χ4v) is 8.83. The van der Waals surface area contributed by atoms with Crippen molar-refractivity contribution in [3.8, 4) is 0 Å². The molecule has 0 aliphatic heterocycles. The van der Waals surface area contributed by atoms with Gasteiger partial charge in [-0.1, -0.05) is 6.58 Å². The molecule has 0 N–H and O–H groups in total. The smallest absolute Gasteiger partial charge is 0.333 e. The highest BCUT2D eigenvalue weighted by molar-refractivity contribution is 5.87. The van der Waals surface area contributed by atoms with Crippen molar-refractivity contribution in [2.24, 2.45) is 40.4 Å². The third kappa shape index (κ3) is 3.15. The van der Waals surface area contributed by atoms with Crippen LogP contribution in [0.4, 0.5) is 0 Å². The summed E-state index contributed by atoms with van der Waals surface area (Å²) in [6.45, 7) is 11.5. The summed E-state index contributed by atoms with van der Waals surface area (Å²) >= 11 is 0. The SMILES string of the molecule is C=C(C)C(=O)OC1C2CCC(C2)C1C12CC3CC(CC(C(=O)OC(C)(C)C)(C3)C1)C2. The molecule has 0 saturated heterocycles. The third-order valence-corrected chi connectivity index (χ3v) is 9.08. The molecule has 6 atom stereocenters. The topological polar surface area (TPSA) is 52.6 Å². The monoisotopic (exact) mass is 414 g/mol. The molecule has 30 heavy (non-hydrogen) atoms. The Hall–Kier alpha value is -1.32. The number of fused-ring (bicyclic) bond motifs is 2. The quantitative estimate of drug-likeness (QED) is 0.453. The largest absolute Gasteiger partial charge is 0.460 e. The second-order valence-electron chi connectivity index (χ2n) is 12.6. The third-order valence-electron chi connectivity index (χ3n) is 9.08. The van der Waals surface area contributed by atoms with Crippen LogP contribution in [0.5, 0.6) is 0 Å². The molecule has 6 rings (SSSR count). The van der Waals surface area contributed by atoms with Crippen molar-refractivity contribution in [3.63, 3.8) is 0 Å². The highest BCUT2D eigenvalue weighted by Gasteiger charge is 2.68. The molecule has 0 aromatic rings. The van der Waals surface area contributed by atoms with Gasteiger partial charge in [0.1, 0.15) is 11.7 Å². The summed E-state index contributed by atoms with van der Waals surface area (Å²) in [5.74, 6) is 2.59. The van der Waals surface area contributed by atoms with E-state index in [9.17, 15) is 9.59 Å². The van der Waals surface area contributed by atoms with Crippen LogP contribution < -0.4 is 0 Å². The van der Waals surface area contributed by atoms with Crippen LogP contribution in [0, 0.1) is 40.4 Å². The molecule has 6 aliphatic rings. The summed E-state index contributed by atoms with van der Waals surface area (Å²) in [5.41, 5.74) is -0.130. The van der Waals surface area contributed by atoms with Gasteiger partial charge in [-0.3, -0.25) is 4.79 Å². The van der Waals surface area contributed by atoms with Crippen LogP contribution in [0.1, 0.15) is 85.5 Å². The molecule has 0 aromatic heterocycles. The minimum atomic E-state index is -0.445. The summed E-state index contributed by atoms with van der Waals surface area (Å²) < 4.78 is 12.1. The van der Waals surface area contributed by atoms with Gasteiger partial charge in [-0.2, -0.15) is 0 Å². The van der Waals surface area contributed by atoms with Gasteiger partial charge in [0, 0.05) is 11.5 Å². The van der Waals surface area contributed by atoms with Crippen LogP contribution in [0.2, 0.25) is 0 Å². The van der Waals surface area contributed by atoms with E-state index < -0.39 is 5.60 Å². The average Bonchev–Trinajstić information content (AvgIpc) is 3.20. The predicted octanol–water partition coefficient (Wildman–Crippen LogP) is 5.45. The second kappa shape index (κ2) is 6.59. The molecule has 6 fully saturated rings. The standard InChI is InChI=1S/C26H38O4/c1-15(2)22(27)29-21-19-7-6-18(9-19)20(21)25-10-16-8-17(11-25)13-26(12-16,14-25)23(28)30-24(3,4)5/h16-21H,1,6-14H2,2-5H3. The highest BCUT2D eigenvalue weighted by atomic mass is 16.6. The minimum absolute atomic E-state index is 0.0138. The average molecular weight is 415 g/mol. The molecule has 4 nitrogen and oxygen atoms in total. The van der Waals surface area contributed by atoms with Crippen molar-refractivity contribution in [1.29, 1.82) is 0 Å². The van der Waals surface area contributed by atoms with Gasteiger partial charge < -0.3 is 9.47 Å². The highest BCUT2D eigenvalue weighted by Crippen LogP contribution is 2.72. The van der Waals surface area contributed by atoms with Gasteiger partial charge in [-0.15, -0.1) is 0 Å². The lowest BCUT2D eigenvalue weighted by Gasteiger charge is -2.64. The molecule has 6 aliphatic carbocycles. The summed E-state index contributed by atoms with van der Waals surface area (Å²) in [6.07, 6.45) is 10.3. The van der Waals surface area contributed by atoms with Gasteiger partial charge in [0.25, 0.3) is 0 Å². The number of rotatable bonds is 4. The summed E-state index contributed by atoms with van der Waals surface area (Å²) in [4.78, 5) is 25.9. The van der Waals surface area contributed by atoms with Gasteiger partial charge in [0.2, 0.25) is 0 Å². The first-order valence-corrected chi connectivity index (χ1v) is 12.1. The molecular formula is C26H38O4. The van der Waals surface area contributed by atoms with Crippen molar-refractivity contribution in [1.82, 2.24) is 0 Å². The van der Waals surface area contributed by atoms with Crippen molar-refractivity contribution in [3.05, 3.63) is 12.2 Å². The lowest BCUT2D eigenvalue weighted by atomic mass is 9.40. The Balaban J connectivity index is 1.47. The van der Waals surface area contributed by atoms with E-state index in [1.54, 1.807) is 6.92 Å². The second-order valence-corrected chi connectivity index (χ2v) is 12.6. The first kappa shape index (κ1) is 20.6. The fraction of sp³-hybridized carbons (Fsp3) is 0.846. The normalized spacial score (nSPS) is 46.1. The Morgan fingerprint density at radius 2 is 1.60 bits per heavy atom. The zero-order chi connectivity index (χ0) is 21.5. The fourth-order valence-electron chi connectivity index (χ4n) is 8.83. The zero-order valence-corrected chi connectivity index (χ0v) is 19.2. The maximum Gasteiger partial charge on any atom is 0.333 e. The van der Waals surface area contributed by atoms with Crippen molar-refractivity contribution in [2.45, 2.75) is 97.2 Å². The molecule has 0 amide bonds. The van der Waals surface area contributed by atoms with E-state index in [-0.39, 0.29) is 28.9 Å². The van der Waals surface area contributed by atoms with Gasteiger partial charge in [-0.05, 0) is 115 Å². The molecule has 0 spiro atoms.